The third-order valence-corrected chi connectivity index (χ3v) is 6.67. The number of amides is 1. The lowest BCUT2D eigenvalue weighted by atomic mass is 9.89. The molecule has 4 heteroatoms. The lowest BCUT2D eigenvalue weighted by Gasteiger charge is -2.48. The van der Waals surface area contributed by atoms with Gasteiger partial charge in [-0.15, -0.1) is 11.3 Å². The van der Waals surface area contributed by atoms with Gasteiger partial charge in [-0.1, -0.05) is 18.9 Å². The van der Waals surface area contributed by atoms with E-state index in [9.17, 15) is 4.79 Å². The number of carbonyl (C=O) groups is 1. The average Bonchev–Trinajstić information content (AvgIpc) is 3.20. The van der Waals surface area contributed by atoms with Crippen LogP contribution in [0.15, 0.2) is 17.5 Å². The number of nitrogens with zero attached hydrogens (tertiary/aromatic N) is 2. The predicted octanol–water partition coefficient (Wildman–Crippen LogP) is 3.43. The Hall–Kier alpha value is -0.870. The Morgan fingerprint density at radius 2 is 1.90 bits per heavy atom. The maximum absolute atomic E-state index is 13.3. The van der Waals surface area contributed by atoms with Crippen LogP contribution < -0.4 is 0 Å². The standard InChI is InChI=1S/C17H24N2OS/c20-16(19-12-7-14(19)15-6-5-13-21-15)17(8-1-2-9-17)18-10-3-4-11-18/h5-6,13-14H,1-4,7-12H2/t14-/m0/s1. The normalized spacial score (nSPS) is 28.8. The van der Waals surface area contributed by atoms with E-state index in [2.05, 4.69) is 27.3 Å². The lowest BCUT2D eigenvalue weighted by molar-refractivity contribution is -0.152. The highest BCUT2D eigenvalue weighted by atomic mass is 32.1. The van der Waals surface area contributed by atoms with E-state index in [0.29, 0.717) is 11.9 Å². The van der Waals surface area contributed by atoms with Crippen LogP contribution in [0.1, 0.15) is 55.9 Å². The fourth-order valence-corrected chi connectivity index (χ4v) is 5.32. The maximum atomic E-state index is 13.3. The molecule has 1 saturated carbocycles. The van der Waals surface area contributed by atoms with E-state index < -0.39 is 0 Å². The van der Waals surface area contributed by atoms with Gasteiger partial charge in [-0.2, -0.15) is 0 Å². The summed E-state index contributed by atoms with van der Waals surface area (Å²) in [5, 5.41) is 2.13. The SMILES string of the molecule is O=C(N1CC[C@H]1c1cccs1)C1(N2CCCC2)CCCC1. The van der Waals surface area contributed by atoms with Crippen LogP contribution >= 0.6 is 11.3 Å². The van der Waals surface area contributed by atoms with E-state index in [-0.39, 0.29) is 5.54 Å². The number of hydrogen-bond donors (Lipinski definition) is 0. The molecule has 2 saturated heterocycles. The smallest absolute Gasteiger partial charge is 0.243 e. The third kappa shape index (κ3) is 2.15. The summed E-state index contributed by atoms with van der Waals surface area (Å²) in [6.45, 7) is 3.21. The van der Waals surface area contributed by atoms with Gasteiger partial charge in [0.05, 0.1) is 6.04 Å². The molecule has 0 bridgehead atoms. The topological polar surface area (TPSA) is 23.6 Å². The number of carbonyl (C=O) groups excluding carboxylic acids is 1. The molecule has 3 aliphatic rings. The first-order valence-electron chi connectivity index (χ1n) is 8.41. The van der Waals surface area contributed by atoms with Crippen LogP contribution in [0.25, 0.3) is 0 Å². The number of likely N-dealkylation sites (tertiary alicyclic amines) is 2. The Morgan fingerprint density at radius 1 is 1.14 bits per heavy atom. The third-order valence-electron chi connectivity index (χ3n) is 5.69. The summed E-state index contributed by atoms with van der Waals surface area (Å²) in [6.07, 6.45) is 8.29. The minimum absolute atomic E-state index is 0.146. The van der Waals surface area contributed by atoms with Gasteiger partial charge in [0.2, 0.25) is 5.91 Å². The Labute approximate surface area is 130 Å². The molecule has 4 rings (SSSR count). The van der Waals surface area contributed by atoms with Crippen molar-refractivity contribution in [2.45, 2.75) is 56.5 Å². The molecule has 1 aromatic rings. The van der Waals surface area contributed by atoms with Gasteiger partial charge in [0.15, 0.2) is 0 Å². The Balaban J connectivity index is 1.57. The molecule has 1 atom stereocenters. The number of hydrogen-bond acceptors (Lipinski definition) is 3. The summed E-state index contributed by atoms with van der Waals surface area (Å²) in [6, 6.07) is 4.65. The maximum Gasteiger partial charge on any atom is 0.243 e. The minimum Gasteiger partial charge on any atom is -0.333 e. The van der Waals surface area contributed by atoms with Crippen LogP contribution in [-0.4, -0.2) is 40.9 Å². The van der Waals surface area contributed by atoms with Crippen molar-refractivity contribution < 1.29 is 4.79 Å². The fourth-order valence-electron chi connectivity index (χ4n) is 4.44. The van der Waals surface area contributed by atoms with Crippen molar-refractivity contribution in [2.24, 2.45) is 0 Å². The Morgan fingerprint density at radius 3 is 2.48 bits per heavy atom. The zero-order chi connectivity index (χ0) is 14.3. The van der Waals surface area contributed by atoms with Gasteiger partial charge in [-0.25, -0.2) is 0 Å². The fraction of sp³-hybridized carbons (Fsp3) is 0.706. The van der Waals surface area contributed by atoms with Crippen molar-refractivity contribution >= 4 is 17.2 Å². The average molecular weight is 304 g/mol. The first-order chi connectivity index (χ1) is 10.3. The van der Waals surface area contributed by atoms with E-state index >= 15 is 0 Å². The molecule has 0 N–H and O–H groups in total. The summed E-state index contributed by atoms with van der Waals surface area (Å²) < 4.78 is 0. The van der Waals surface area contributed by atoms with Crippen LogP contribution in [-0.2, 0) is 4.79 Å². The Bertz CT molecular complexity index is 501. The van der Waals surface area contributed by atoms with Gasteiger partial charge in [0.25, 0.3) is 0 Å². The first-order valence-corrected chi connectivity index (χ1v) is 9.29. The van der Waals surface area contributed by atoms with E-state index in [1.807, 2.05) is 0 Å². The van der Waals surface area contributed by atoms with Crippen molar-refractivity contribution in [1.82, 2.24) is 9.80 Å². The first kappa shape index (κ1) is 13.8. The zero-order valence-corrected chi connectivity index (χ0v) is 13.4. The van der Waals surface area contributed by atoms with Crippen molar-refractivity contribution in [3.63, 3.8) is 0 Å². The predicted molar refractivity (Wildman–Crippen MR) is 85.4 cm³/mol. The van der Waals surface area contributed by atoms with Gasteiger partial charge in [-0.05, 0) is 56.6 Å². The molecule has 3 fully saturated rings. The van der Waals surface area contributed by atoms with Crippen molar-refractivity contribution in [3.05, 3.63) is 22.4 Å². The molecule has 0 spiro atoms. The lowest BCUT2D eigenvalue weighted by Crippen LogP contribution is -2.60. The van der Waals surface area contributed by atoms with Gasteiger partial charge in [0, 0.05) is 11.4 Å². The second-order valence-electron chi connectivity index (χ2n) is 6.75. The van der Waals surface area contributed by atoms with Gasteiger partial charge in [0.1, 0.15) is 5.54 Å². The van der Waals surface area contributed by atoms with Crippen LogP contribution in [0.5, 0.6) is 0 Å². The highest BCUT2D eigenvalue weighted by Crippen LogP contribution is 2.44. The molecule has 1 amide bonds. The molecule has 0 unspecified atom stereocenters. The molecule has 1 aromatic heterocycles. The highest BCUT2D eigenvalue weighted by Gasteiger charge is 2.51. The summed E-state index contributed by atoms with van der Waals surface area (Å²) in [5.74, 6) is 0.437. The van der Waals surface area contributed by atoms with Crippen LogP contribution in [0.3, 0.4) is 0 Å². The minimum atomic E-state index is -0.146. The summed E-state index contributed by atoms with van der Waals surface area (Å²) in [4.78, 5) is 19.4. The summed E-state index contributed by atoms with van der Waals surface area (Å²) in [5.41, 5.74) is -0.146. The number of rotatable bonds is 3. The molecule has 21 heavy (non-hydrogen) atoms. The molecule has 3 nitrogen and oxygen atoms in total. The van der Waals surface area contributed by atoms with Gasteiger partial charge in [-0.3, -0.25) is 9.69 Å². The van der Waals surface area contributed by atoms with Crippen molar-refractivity contribution in [2.75, 3.05) is 19.6 Å². The summed E-state index contributed by atoms with van der Waals surface area (Å²) >= 11 is 1.79. The number of thiophene rings is 1. The zero-order valence-electron chi connectivity index (χ0n) is 12.6. The molecule has 0 radical (unpaired) electrons. The van der Waals surface area contributed by atoms with E-state index in [4.69, 9.17) is 0 Å². The summed E-state index contributed by atoms with van der Waals surface area (Å²) in [7, 11) is 0. The van der Waals surface area contributed by atoms with Crippen LogP contribution in [0, 0.1) is 0 Å². The molecule has 0 aromatic carbocycles. The second kappa shape index (κ2) is 5.40. The van der Waals surface area contributed by atoms with Crippen LogP contribution in [0.4, 0.5) is 0 Å². The molecule has 1 aliphatic carbocycles. The molecular formula is C17H24N2OS. The van der Waals surface area contributed by atoms with E-state index in [1.54, 1.807) is 11.3 Å². The van der Waals surface area contributed by atoms with Crippen molar-refractivity contribution in [3.8, 4) is 0 Å². The molecular weight excluding hydrogens is 280 g/mol. The van der Waals surface area contributed by atoms with Gasteiger partial charge >= 0.3 is 0 Å². The van der Waals surface area contributed by atoms with Crippen molar-refractivity contribution in [1.29, 1.82) is 0 Å². The second-order valence-corrected chi connectivity index (χ2v) is 7.73. The van der Waals surface area contributed by atoms with E-state index in [0.717, 1.165) is 38.9 Å². The molecule has 114 valence electrons. The monoisotopic (exact) mass is 304 g/mol. The largest absolute Gasteiger partial charge is 0.333 e. The van der Waals surface area contributed by atoms with Crippen LogP contribution in [0.2, 0.25) is 0 Å². The van der Waals surface area contributed by atoms with E-state index in [1.165, 1.54) is 30.6 Å². The molecule has 2 aliphatic heterocycles. The quantitative estimate of drug-likeness (QED) is 0.854. The Kier molecular flexibility index (Phi) is 3.54. The van der Waals surface area contributed by atoms with Gasteiger partial charge < -0.3 is 4.90 Å². The highest BCUT2D eigenvalue weighted by molar-refractivity contribution is 7.10. The molecule has 3 heterocycles.